The van der Waals surface area contributed by atoms with Crippen molar-refractivity contribution in [2.45, 2.75) is 24.2 Å². The van der Waals surface area contributed by atoms with Gasteiger partial charge in [0.1, 0.15) is 5.69 Å². The molecule has 4 rings (SSSR count). The van der Waals surface area contributed by atoms with Crippen molar-refractivity contribution in [1.29, 1.82) is 0 Å². The Bertz CT molecular complexity index is 2250. The average molecular weight is 891 g/mol. The number of benzene rings is 2. The molecule has 58 heavy (non-hydrogen) atoms. The summed E-state index contributed by atoms with van der Waals surface area (Å²) in [5, 5.41) is -0.802. The number of hydrogen-bond donors (Lipinski definition) is 2. The van der Waals surface area contributed by atoms with E-state index in [0.717, 1.165) is 44.2 Å². The first-order valence-corrected chi connectivity index (χ1v) is 19.5. The third-order valence-electron chi connectivity index (χ3n) is 7.03. The van der Waals surface area contributed by atoms with Crippen LogP contribution < -0.4 is 37.9 Å². The zero-order chi connectivity index (χ0) is 42.8. The number of rotatable bonds is 17. The van der Waals surface area contributed by atoms with Crippen LogP contribution in [0.5, 0.6) is 35.0 Å². The van der Waals surface area contributed by atoms with E-state index in [4.69, 9.17) is 28.4 Å². The molecule has 1 atom stereocenters. The SMILES string of the molecule is C.COc1cc(OC)nc(C(=O)c2ccc(F)c(OC)c2NS(=O)(=O)C(F)F)n1.COc1cc(OC)nc(C(SC)c2ccc(F)c(OC)c2NS(=O)(=O)C(F)F)n1. The molecule has 0 fully saturated rings. The van der Waals surface area contributed by atoms with E-state index in [1.807, 2.05) is 0 Å². The van der Waals surface area contributed by atoms with Crippen LogP contribution in [0.3, 0.4) is 0 Å². The fourth-order valence-electron chi connectivity index (χ4n) is 4.47. The van der Waals surface area contributed by atoms with Crippen LogP contribution in [0.2, 0.25) is 0 Å². The average Bonchev–Trinajstić information content (AvgIpc) is 3.18. The first-order chi connectivity index (χ1) is 26.8. The minimum Gasteiger partial charge on any atom is -0.492 e. The first-order valence-electron chi connectivity index (χ1n) is 15.2. The highest BCUT2D eigenvalue weighted by atomic mass is 32.2. The second kappa shape index (κ2) is 20.8. The van der Waals surface area contributed by atoms with Gasteiger partial charge in [-0.2, -0.15) is 37.5 Å². The van der Waals surface area contributed by atoms with Gasteiger partial charge < -0.3 is 28.4 Å². The van der Waals surface area contributed by atoms with E-state index in [-0.39, 0.29) is 42.3 Å². The Kier molecular flexibility index (Phi) is 17.4. The number of nitrogens with one attached hydrogen (secondary N) is 2. The van der Waals surface area contributed by atoms with E-state index in [0.29, 0.717) is 0 Å². The summed E-state index contributed by atoms with van der Waals surface area (Å²) in [7, 11) is -3.00. The molecule has 0 radical (unpaired) electrons. The maximum Gasteiger partial charge on any atom is 0.355 e. The zero-order valence-corrected chi connectivity index (χ0v) is 32.9. The molecule has 0 saturated carbocycles. The molecule has 0 aliphatic carbocycles. The van der Waals surface area contributed by atoms with Gasteiger partial charge in [-0.05, 0) is 24.5 Å². The molecule has 320 valence electrons. The van der Waals surface area contributed by atoms with E-state index in [1.165, 1.54) is 51.4 Å². The van der Waals surface area contributed by atoms with Gasteiger partial charge in [0.2, 0.25) is 35.1 Å². The van der Waals surface area contributed by atoms with Crippen LogP contribution in [-0.4, -0.2) is 103 Å². The number of ether oxygens (including phenoxy) is 6. The topological polar surface area (TPSA) is 216 Å². The third kappa shape index (κ3) is 11.3. The summed E-state index contributed by atoms with van der Waals surface area (Å²) in [5.74, 6) is -12.1. The van der Waals surface area contributed by atoms with Gasteiger partial charge >= 0.3 is 11.5 Å². The van der Waals surface area contributed by atoms with Crippen molar-refractivity contribution in [2.75, 3.05) is 58.4 Å². The molecular weight excluding hydrogens is 855 g/mol. The summed E-state index contributed by atoms with van der Waals surface area (Å²) in [6.07, 6.45) is 1.65. The third-order valence-corrected chi connectivity index (χ3v) is 9.88. The number of sulfonamides is 2. The van der Waals surface area contributed by atoms with Gasteiger partial charge in [0.25, 0.3) is 20.0 Å². The molecule has 4 aromatic rings. The first kappa shape index (κ1) is 48.6. The summed E-state index contributed by atoms with van der Waals surface area (Å²) in [6, 6.07) is 6.62. The number of methoxy groups -OCH3 is 6. The highest BCUT2D eigenvalue weighted by molar-refractivity contribution is 7.99. The van der Waals surface area contributed by atoms with Gasteiger partial charge in [-0.3, -0.25) is 14.2 Å². The minimum absolute atomic E-state index is 0. The number of anilines is 2. The lowest BCUT2D eigenvalue weighted by atomic mass is 10.1. The van der Waals surface area contributed by atoms with Crippen molar-refractivity contribution >= 4 is 49.0 Å². The van der Waals surface area contributed by atoms with E-state index in [1.54, 1.807) is 11.0 Å². The fourth-order valence-corrected chi connectivity index (χ4v) is 6.40. The Hall–Kier alpha value is -5.50. The van der Waals surface area contributed by atoms with E-state index < -0.39 is 88.5 Å². The predicted molar refractivity (Wildman–Crippen MR) is 199 cm³/mol. The number of hydrogen-bond acceptors (Lipinski definition) is 16. The molecule has 2 N–H and O–H groups in total. The van der Waals surface area contributed by atoms with Gasteiger partial charge in [-0.15, -0.1) is 11.8 Å². The molecule has 0 aliphatic heterocycles. The van der Waals surface area contributed by atoms with E-state index in [2.05, 4.69) is 19.9 Å². The Balaban J connectivity index is 0.000000394. The van der Waals surface area contributed by atoms with Crippen LogP contribution in [0.1, 0.15) is 40.2 Å². The molecule has 26 heteroatoms. The summed E-state index contributed by atoms with van der Waals surface area (Å²) < 4.78 is 159. The van der Waals surface area contributed by atoms with Gasteiger partial charge in [-0.25, -0.2) is 25.6 Å². The van der Waals surface area contributed by atoms with Crippen LogP contribution in [-0.2, 0) is 20.0 Å². The lowest BCUT2D eigenvalue weighted by Crippen LogP contribution is -2.23. The van der Waals surface area contributed by atoms with Crippen molar-refractivity contribution in [1.82, 2.24) is 19.9 Å². The van der Waals surface area contributed by atoms with Crippen LogP contribution in [0.4, 0.5) is 37.7 Å². The number of halogens is 6. The van der Waals surface area contributed by atoms with Crippen LogP contribution in [0.15, 0.2) is 36.4 Å². The predicted octanol–water partition coefficient (Wildman–Crippen LogP) is 5.53. The van der Waals surface area contributed by atoms with Gasteiger partial charge in [-0.1, -0.05) is 13.5 Å². The van der Waals surface area contributed by atoms with Gasteiger partial charge in [0, 0.05) is 5.56 Å². The molecule has 1 unspecified atom stereocenters. The summed E-state index contributed by atoms with van der Waals surface area (Å²) in [4.78, 5) is 28.8. The van der Waals surface area contributed by atoms with Crippen molar-refractivity contribution < 1.29 is 76.4 Å². The van der Waals surface area contributed by atoms with Gasteiger partial charge in [0.05, 0.1) is 71.3 Å². The number of carbonyl (C=O) groups is 1. The molecule has 0 aliphatic rings. The Morgan fingerprint density at radius 2 is 1.03 bits per heavy atom. The highest BCUT2D eigenvalue weighted by Crippen LogP contribution is 2.43. The second-order valence-corrected chi connectivity index (χ2v) is 14.6. The van der Waals surface area contributed by atoms with E-state index in [9.17, 15) is 48.0 Å². The number of aromatic nitrogens is 4. The summed E-state index contributed by atoms with van der Waals surface area (Å²) in [6.45, 7) is 0. The van der Waals surface area contributed by atoms with Crippen molar-refractivity contribution in [3.63, 3.8) is 0 Å². The Labute approximate surface area is 332 Å². The number of ketones is 1. The molecule has 2 aromatic heterocycles. The molecular formula is C32H36F6N6O11S3. The van der Waals surface area contributed by atoms with Crippen molar-refractivity contribution in [3.05, 3.63) is 70.8 Å². The molecule has 0 saturated heterocycles. The van der Waals surface area contributed by atoms with Crippen LogP contribution >= 0.6 is 11.8 Å². The Morgan fingerprint density at radius 1 is 0.638 bits per heavy atom. The van der Waals surface area contributed by atoms with Crippen LogP contribution in [0.25, 0.3) is 0 Å². The number of thioether (sulfide) groups is 1. The fraction of sp³-hybridized carbons (Fsp3) is 0.344. The standard InChI is InChI=1S/C16H18F3N3O5S2.C15H14F3N3O6S.CH4/c1-25-10-7-11(26-2)21-15(20-10)14(28-4)8-5-6-9(17)13(27-3)12(8)22-29(23,24)16(18)19;1-25-9-6-10(26-2)20-14(19-9)12(22)7-4-5-8(16)13(27-3)11(7)21-28(23,24)15(17)18;/h5-7,14,16,22H,1-4H3;4-6,15,21H,1-3H3;1H4. The van der Waals surface area contributed by atoms with Gasteiger partial charge in [0.15, 0.2) is 29.0 Å². The zero-order valence-electron chi connectivity index (χ0n) is 30.5. The van der Waals surface area contributed by atoms with Crippen LogP contribution in [0, 0.1) is 11.6 Å². The van der Waals surface area contributed by atoms with Crippen molar-refractivity contribution in [2.24, 2.45) is 0 Å². The largest absolute Gasteiger partial charge is 0.492 e. The van der Waals surface area contributed by atoms with Crippen molar-refractivity contribution in [3.8, 4) is 35.0 Å². The summed E-state index contributed by atoms with van der Waals surface area (Å²) >= 11 is 1.15. The second-order valence-electron chi connectivity index (χ2n) is 10.4. The lowest BCUT2D eigenvalue weighted by molar-refractivity contribution is 0.102. The highest BCUT2D eigenvalue weighted by Gasteiger charge is 2.32. The van der Waals surface area contributed by atoms with E-state index >= 15 is 0 Å². The smallest absolute Gasteiger partial charge is 0.355 e. The molecule has 17 nitrogen and oxygen atoms in total. The quantitative estimate of drug-likeness (QED) is 0.0984. The minimum atomic E-state index is -5.24. The maximum absolute atomic E-state index is 14.2. The Morgan fingerprint density at radius 3 is 1.43 bits per heavy atom. The lowest BCUT2D eigenvalue weighted by Gasteiger charge is -2.21. The normalized spacial score (nSPS) is 11.7. The molecule has 0 amide bonds. The number of carbonyl (C=O) groups excluding carboxylic acids is 1. The molecule has 0 spiro atoms. The maximum atomic E-state index is 14.2. The monoisotopic (exact) mass is 890 g/mol. The summed E-state index contributed by atoms with van der Waals surface area (Å²) in [5.41, 5.74) is -1.72. The number of alkyl halides is 4. The number of nitrogens with zero attached hydrogens (tertiary/aromatic N) is 4. The molecule has 2 heterocycles. The molecule has 0 bridgehead atoms. The molecule has 2 aromatic carbocycles.